The third-order valence-corrected chi connectivity index (χ3v) is 4.71. The minimum atomic E-state index is -0.372. The maximum atomic E-state index is 10.7. The van der Waals surface area contributed by atoms with E-state index < -0.39 is 0 Å². The van der Waals surface area contributed by atoms with Crippen LogP contribution in [0, 0.1) is 16.0 Å². The zero-order valence-corrected chi connectivity index (χ0v) is 12.6. The maximum Gasteiger partial charge on any atom is 0.270 e. The highest BCUT2D eigenvalue weighted by Crippen LogP contribution is 2.28. The predicted molar refractivity (Wildman–Crippen MR) is 79.1 cm³/mol. The Kier molecular flexibility index (Phi) is 4.93. The first-order valence-electron chi connectivity index (χ1n) is 6.74. The number of nitro groups is 1. The van der Waals surface area contributed by atoms with Gasteiger partial charge in [0.1, 0.15) is 0 Å². The summed E-state index contributed by atoms with van der Waals surface area (Å²) >= 11 is 3.40. The number of benzene rings is 1. The highest BCUT2D eigenvalue weighted by atomic mass is 79.9. The van der Waals surface area contributed by atoms with Gasteiger partial charge in [0, 0.05) is 29.2 Å². The van der Waals surface area contributed by atoms with Crippen LogP contribution in [-0.4, -0.2) is 11.0 Å². The van der Waals surface area contributed by atoms with Crippen molar-refractivity contribution in [2.45, 2.75) is 45.2 Å². The molecule has 0 radical (unpaired) electrons. The molecule has 0 unspecified atom stereocenters. The molecular weight excluding hydrogens is 308 g/mol. The van der Waals surface area contributed by atoms with Crippen molar-refractivity contribution < 1.29 is 4.92 Å². The Balaban J connectivity index is 1.93. The van der Waals surface area contributed by atoms with Crippen molar-refractivity contribution in [2.75, 3.05) is 0 Å². The number of hydrogen-bond acceptors (Lipinski definition) is 3. The van der Waals surface area contributed by atoms with Crippen LogP contribution in [0.4, 0.5) is 5.69 Å². The highest BCUT2D eigenvalue weighted by Gasteiger charge is 2.21. The van der Waals surface area contributed by atoms with Crippen LogP contribution >= 0.6 is 15.9 Å². The fourth-order valence-electron chi connectivity index (χ4n) is 2.69. The maximum absolute atomic E-state index is 10.7. The van der Waals surface area contributed by atoms with Gasteiger partial charge in [0.25, 0.3) is 5.69 Å². The Labute approximate surface area is 121 Å². The minimum absolute atomic E-state index is 0.125. The first-order chi connectivity index (χ1) is 9.08. The SMILES string of the molecule is C[C@@H](NCc1ccc([N+](=O)[O-])cc1Br)C1CCCC1. The lowest BCUT2D eigenvalue weighted by atomic mass is 9.99. The Morgan fingerprint density at radius 2 is 2.16 bits per heavy atom. The lowest BCUT2D eigenvalue weighted by Crippen LogP contribution is -2.31. The van der Waals surface area contributed by atoms with Crippen LogP contribution in [0.3, 0.4) is 0 Å². The smallest absolute Gasteiger partial charge is 0.270 e. The van der Waals surface area contributed by atoms with Gasteiger partial charge in [-0.1, -0.05) is 28.8 Å². The molecule has 104 valence electrons. The summed E-state index contributed by atoms with van der Waals surface area (Å²) in [7, 11) is 0. The van der Waals surface area contributed by atoms with E-state index in [9.17, 15) is 10.1 Å². The molecule has 0 aliphatic heterocycles. The molecule has 19 heavy (non-hydrogen) atoms. The summed E-state index contributed by atoms with van der Waals surface area (Å²) in [6, 6.07) is 5.44. The largest absolute Gasteiger partial charge is 0.310 e. The number of non-ortho nitro benzene ring substituents is 1. The van der Waals surface area contributed by atoms with Gasteiger partial charge in [0.2, 0.25) is 0 Å². The zero-order chi connectivity index (χ0) is 13.8. The van der Waals surface area contributed by atoms with Gasteiger partial charge >= 0.3 is 0 Å². The minimum Gasteiger partial charge on any atom is -0.310 e. The average Bonchev–Trinajstić information content (AvgIpc) is 2.90. The molecule has 0 amide bonds. The molecule has 0 heterocycles. The standard InChI is InChI=1S/C14H19BrN2O2/c1-10(11-4-2-3-5-11)16-9-12-6-7-13(17(18)19)8-14(12)15/h6-8,10-11,16H,2-5,9H2,1H3/t10-/m1/s1. The zero-order valence-electron chi connectivity index (χ0n) is 11.1. The highest BCUT2D eigenvalue weighted by molar-refractivity contribution is 9.10. The van der Waals surface area contributed by atoms with Gasteiger partial charge in [-0.05, 0) is 37.3 Å². The van der Waals surface area contributed by atoms with Crippen molar-refractivity contribution in [1.29, 1.82) is 0 Å². The molecule has 1 atom stereocenters. The lowest BCUT2D eigenvalue weighted by molar-refractivity contribution is -0.384. The molecule has 4 nitrogen and oxygen atoms in total. The van der Waals surface area contributed by atoms with Crippen LogP contribution < -0.4 is 5.32 Å². The molecule has 0 spiro atoms. The molecule has 0 aromatic heterocycles. The van der Waals surface area contributed by atoms with Gasteiger partial charge in [0.05, 0.1) is 4.92 Å². The third kappa shape index (κ3) is 3.76. The summed E-state index contributed by atoms with van der Waals surface area (Å²) in [5, 5.41) is 14.2. The molecule has 1 saturated carbocycles. The fraction of sp³-hybridized carbons (Fsp3) is 0.571. The van der Waals surface area contributed by atoms with E-state index in [0.717, 1.165) is 22.5 Å². The Bertz CT molecular complexity index is 459. The van der Waals surface area contributed by atoms with Crippen LogP contribution in [0.1, 0.15) is 38.2 Å². The van der Waals surface area contributed by atoms with E-state index in [-0.39, 0.29) is 10.6 Å². The van der Waals surface area contributed by atoms with Crippen LogP contribution in [-0.2, 0) is 6.54 Å². The molecule has 0 bridgehead atoms. The summed E-state index contributed by atoms with van der Waals surface area (Å²) in [5.41, 5.74) is 1.19. The van der Waals surface area contributed by atoms with Crippen molar-refractivity contribution >= 4 is 21.6 Å². The molecule has 5 heteroatoms. The van der Waals surface area contributed by atoms with Crippen LogP contribution in [0.25, 0.3) is 0 Å². The number of halogens is 1. The monoisotopic (exact) mass is 326 g/mol. The van der Waals surface area contributed by atoms with Crippen LogP contribution in [0.15, 0.2) is 22.7 Å². The van der Waals surface area contributed by atoms with Crippen molar-refractivity contribution in [3.8, 4) is 0 Å². The third-order valence-electron chi connectivity index (χ3n) is 3.97. The summed E-state index contributed by atoms with van der Waals surface area (Å²) in [5.74, 6) is 0.775. The van der Waals surface area contributed by atoms with Crippen LogP contribution in [0.5, 0.6) is 0 Å². The van der Waals surface area contributed by atoms with Crippen molar-refractivity contribution in [3.63, 3.8) is 0 Å². The van der Waals surface area contributed by atoms with E-state index in [4.69, 9.17) is 0 Å². The van der Waals surface area contributed by atoms with E-state index in [1.165, 1.54) is 25.7 Å². The molecule has 2 rings (SSSR count). The van der Waals surface area contributed by atoms with Gasteiger partial charge in [-0.15, -0.1) is 0 Å². The number of nitro benzene ring substituents is 1. The predicted octanol–water partition coefficient (Wildman–Crippen LogP) is 4.03. The molecule has 1 aliphatic carbocycles. The number of hydrogen-bond donors (Lipinski definition) is 1. The van der Waals surface area contributed by atoms with E-state index in [2.05, 4.69) is 28.2 Å². The van der Waals surface area contributed by atoms with Gasteiger partial charge in [-0.2, -0.15) is 0 Å². The molecule has 1 aromatic carbocycles. The average molecular weight is 327 g/mol. The second-order valence-corrected chi connectivity index (χ2v) is 6.10. The van der Waals surface area contributed by atoms with E-state index >= 15 is 0 Å². The topological polar surface area (TPSA) is 55.2 Å². The lowest BCUT2D eigenvalue weighted by Gasteiger charge is -2.20. The molecule has 1 aliphatic rings. The van der Waals surface area contributed by atoms with Gasteiger partial charge < -0.3 is 5.32 Å². The van der Waals surface area contributed by atoms with Crippen molar-refractivity contribution in [2.24, 2.45) is 5.92 Å². The van der Waals surface area contributed by atoms with E-state index in [1.807, 2.05) is 6.07 Å². The summed E-state index contributed by atoms with van der Waals surface area (Å²) < 4.78 is 0.799. The van der Waals surface area contributed by atoms with E-state index in [0.29, 0.717) is 6.04 Å². The van der Waals surface area contributed by atoms with Crippen LogP contribution in [0.2, 0.25) is 0 Å². The summed E-state index contributed by atoms with van der Waals surface area (Å²) in [6.07, 6.45) is 5.32. The first-order valence-corrected chi connectivity index (χ1v) is 7.53. The molecule has 1 aromatic rings. The Morgan fingerprint density at radius 3 is 2.74 bits per heavy atom. The quantitative estimate of drug-likeness (QED) is 0.656. The molecular formula is C14H19BrN2O2. The second-order valence-electron chi connectivity index (χ2n) is 5.25. The summed E-state index contributed by atoms with van der Waals surface area (Å²) in [4.78, 5) is 10.3. The number of nitrogens with one attached hydrogen (secondary N) is 1. The number of rotatable bonds is 5. The first kappa shape index (κ1) is 14.5. The van der Waals surface area contributed by atoms with E-state index in [1.54, 1.807) is 12.1 Å². The molecule has 1 fully saturated rings. The fourth-order valence-corrected chi connectivity index (χ4v) is 3.20. The Hall–Kier alpha value is -0.940. The molecule has 1 N–H and O–H groups in total. The summed E-state index contributed by atoms with van der Waals surface area (Å²) in [6.45, 7) is 2.98. The van der Waals surface area contributed by atoms with Gasteiger partial charge in [-0.3, -0.25) is 10.1 Å². The Morgan fingerprint density at radius 1 is 1.47 bits per heavy atom. The normalized spacial score (nSPS) is 17.6. The second kappa shape index (κ2) is 6.48. The number of nitrogens with zero attached hydrogens (tertiary/aromatic N) is 1. The molecule has 0 saturated heterocycles. The van der Waals surface area contributed by atoms with Crippen molar-refractivity contribution in [1.82, 2.24) is 5.32 Å². The van der Waals surface area contributed by atoms with Gasteiger partial charge in [0.15, 0.2) is 0 Å². The van der Waals surface area contributed by atoms with Gasteiger partial charge in [-0.25, -0.2) is 0 Å². The van der Waals surface area contributed by atoms with Crippen molar-refractivity contribution in [3.05, 3.63) is 38.3 Å².